The van der Waals surface area contributed by atoms with Gasteiger partial charge in [-0.2, -0.15) is 0 Å². The lowest BCUT2D eigenvalue weighted by molar-refractivity contribution is -0.704. The van der Waals surface area contributed by atoms with Gasteiger partial charge in [-0.05, 0) is 42.7 Å². The number of nitrogens with zero attached hydrogens (tertiary/aromatic N) is 2. The summed E-state index contributed by atoms with van der Waals surface area (Å²) in [5.74, 6) is 2.04. The third-order valence-corrected chi connectivity index (χ3v) is 11.9. The summed E-state index contributed by atoms with van der Waals surface area (Å²) in [5, 5.41) is 0. The number of hydrogen-bond donors (Lipinski definition) is 0. The molecular weight excluding hydrogens is 641 g/mol. The third kappa shape index (κ3) is 20.8. The van der Waals surface area contributed by atoms with Crippen molar-refractivity contribution >= 4 is 0 Å². The highest BCUT2D eigenvalue weighted by molar-refractivity contribution is 5.22. The Morgan fingerprint density at radius 2 is 0.868 bits per heavy atom. The summed E-state index contributed by atoms with van der Waals surface area (Å²) in [4.78, 5) is 0. The minimum absolute atomic E-state index is 0.514. The number of benzene rings is 2. The largest absolute Gasteiger partial charge is 0.261 e. The summed E-state index contributed by atoms with van der Waals surface area (Å²) < 4.78 is 5.43. The summed E-state index contributed by atoms with van der Waals surface area (Å²) >= 11 is 0. The molecule has 3 rings (SSSR count). The molecule has 0 saturated heterocycles. The van der Waals surface area contributed by atoms with Gasteiger partial charge in [0.2, 0.25) is 0 Å². The molecule has 0 fully saturated rings. The van der Waals surface area contributed by atoms with Crippen LogP contribution in [0.25, 0.3) is 0 Å². The fourth-order valence-corrected chi connectivity index (χ4v) is 8.40. The highest BCUT2D eigenvalue weighted by Gasteiger charge is 2.25. The molecule has 1 aromatic heterocycles. The van der Waals surface area contributed by atoms with E-state index in [1.165, 1.54) is 202 Å². The summed E-state index contributed by atoms with van der Waals surface area (Å²) in [6, 6.07) is 22.4. The van der Waals surface area contributed by atoms with E-state index in [4.69, 9.17) is 0 Å². The molecule has 3 aromatic rings. The Kier molecular flexibility index (Phi) is 26.3. The number of hydrogen-bond acceptors (Lipinski definition) is 0. The predicted molar refractivity (Wildman–Crippen MR) is 233 cm³/mol. The lowest BCUT2D eigenvalue weighted by Crippen LogP contribution is -2.37. The van der Waals surface area contributed by atoms with Crippen LogP contribution < -0.4 is 4.57 Å². The number of aryl methyl sites for hydroxylation is 1. The first-order valence-electron chi connectivity index (χ1n) is 23.4. The topological polar surface area (TPSA) is 8.81 Å². The zero-order chi connectivity index (χ0) is 37.4. The first kappa shape index (κ1) is 45.0. The quantitative estimate of drug-likeness (QED) is 0.0422. The van der Waals surface area contributed by atoms with E-state index in [1.807, 2.05) is 0 Å². The van der Waals surface area contributed by atoms with E-state index < -0.39 is 0 Å². The maximum Gasteiger partial charge on any atom is 0.261 e. The van der Waals surface area contributed by atoms with Crippen LogP contribution in [0.15, 0.2) is 66.9 Å². The summed E-state index contributed by atoms with van der Waals surface area (Å²) in [7, 11) is 0. The van der Waals surface area contributed by atoms with Gasteiger partial charge in [-0.3, -0.25) is 0 Å². The average molecular weight is 726 g/mol. The van der Waals surface area contributed by atoms with E-state index in [-0.39, 0.29) is 0 Å². The van der Waals surface area contributed by atoms with E-state index >= 15 is 0 Å². The molecule has 2 aromatic carbocycles. The monoisotopic (exact) mass is 726 g/mol. The van der Waals surface area contributed by atoms with Crippen LogP contribution in [0.2, 0.25) is 0 Å². The van der Waals surface area contributed by atoms with Gasteiger partial charge >= 0.3 is 0 Å². The first-order valence-corrected chi connectivity index (χ1v) is 23.4. The smallest absolute Gasteiger partial charge is 0.234 e. The number of unbranched alkanes of at least 4 members (excludes halogenated alkanes) is 26. The van der Waals surface area contributed by atoms with Crippen LogP contribution in [0, 0.1) is 0 Å². The van der Waals surface area contributed by atoms with Gasteiger partial charge in [0.15, 0.2) is 0 Å². The van der Waals surface area contributed by atoms with Gasteiger partial charge in [0.05, 0.1) is 19.5 Å². The second-order valence-electron chi connectivity index (χ2n) is 16.8. The van der Waals surface area contributed by atoms with Gasteiger partial charge in [-0.15, -0.1) is 0 Å². The lowest BCUT2D eigenvalue weighted by atomic mass is 9.96. The van der Waals surface area contributed by atoms with E-state index in [0.717, 1.165) is 25.9 Å². The maximum absolute atomic E-state index is 2.76. The van der Waals surface area contributed by atoms with Crippen molar-refractivity contribution in [2.24, 2.45) is 0 Å². The van der Waals surface area contributed by atoms with Crippen molar-refractivity contribution in [3.05, 3.63) is 89.5 Å². The van der Waals surface area contributed by atoms with Crippen molar-refractivity contribution < 1.29 is 4.57 Å². The van der Waals surface area contributed by atoms with E-state index in [0.29, 0.717) is 5.92 Å². The van der Waals surface area contributed by atoms with Crippen LogP contribution in [0.5, 0.6) is 0 Å². The Morgan fingerprint density at radius 3 is 1.32 bits per heavy atom. The molecule has 0 bridgehead atoms. The molecule has 0 aliphatic rings. The van der Waals surface area contributed by atoms with Crippen molar-refractivity contribution in [1.29, 1.82) is 0 Å². The zero-order valence-electron chi connectivity index (χ0n) is 35.5. The maximum atomic E-state index is 2.76. The molecule has 2 nitrogen and oxygen atoms in total. The van der Waals surface area contributed by atoms with Crippen LogP contribution >= 0.6 is 0 Å². The molecule has 1 atom stereocenters. The van der Waals surface area contributed by atoms with Gasteiger partial charge in [0.25, 0.3) is 5.82 Å². The van der Waals surface area contributed by atoms with Crippen molar-refractivity contribution in [1.82, 2.24) is 4.57 Å². The lowest BCUT2D eigenvalue weighted by Gasteiger charge is -2.12. The van der Waals surface area contributed by atoms with E-state index in [2.05, 4.69) is 96.8 Å². The summed E-state index contributed by atoms with van der Waals surface area (Å²) in [6.07, 6.45) is 44.3. The van der Waals surface area contributed by atoms with Crippen molar-refractivity contribution in [2.75, 3.05) is 0 Å². The standard InChI is InChI=1S/C51H85N2/c1-4-6-8-10-12-14-16-18-19-21-22-24-26-28-36-42-52-46-50(44-47(3)49-40-34-31-35-41-49)53(51(52)45-48-38-32-30-33-39-48)43-37-29-27-25-23-20-17-15-13-11-9-7-5-2/h30-35,38-41,46-47H,4-29,36-37,42-45H2,1-3H3/q+1. The van der Waals surface area contributed by atoms with Crippen molar-refractivity contribution in [3.63, 3.8) is 0 Å². The second kappa shape index (κ2) is 30.9. The molecule has 0 radical (unpaired) electrons. The molecule has 1 heterocycles. The molecule has 1 unspecified atom stereocenters. The van der Waals surface area contributed by atoms with Gasteiger partial charge < -0.3 is 0 Å². The molecule has 0 amide bonds. The van der Waals surface area contributed by atoms with Crippen LogP contribution in [0.3, 0.4) is 0 Å². The van der Waals surface area contributed by atoms with Gasteiger partial charge in [0.1, 0.15) is 11.9 Å². The highest BCUT2D eigenvalue weighted by Crippen LogP contribution is 2.23. The average Bonchev–Trinajstić information content (AvgIpc) is 3.50. The Balaban J connectivity index is 1.50. The molecule has 53 heavy (non-hydrogen) atoms. The van der Waals surface area contributed by atoms with Crippen LogP contribution in [-0.2, 0) is 25.9 Å². The van der Waals surface area contributed by atoms with Gasteiger partial charge in [-0.25, -0.2) is 9.13 Å². The van der Waals surface area contributed by atoms with E-state index in [1.54, 1.807) is 0 Å². The molecule has 0 aliphatic heterocycles. The number of aromatic nitrogens is 2. The SMILES string of the molecule is CCCCCCCCCCCCCCCCC[n+]1cc(CC(C)c2ccccc2)n(CCCCCCCCCCCCCCC)c1Cc1ccccc1. The zero-order valence-corrected chi connectivity index (χ0v) is 35.5. The molecule has 0 spiro atoms. The third-order valence-electron chi connectivity index (χ3n) is 11.9. The Labute approximate surface area is 330 Å². The Bertz CT molecular complexity index is 1230. The summed E-state index contributed by atoms with van der Waals surface area (Å²) in [6.45, 7) is 9.35. The fourth-order valence-electron chi connectivity index (χ4n) is 8.40. The Morgan fingerprint density at radius 1 is 0.472 bits per heavy atom. The summed E-state index contributed by atoms with van der Waals surface area (Å²) in [5.41, 5.74) is 4.43. The molecular formula is C51H85N2+. The second-order valence-corrected chi connectivity index (χ2v) is 16.8. The van der Waals surface area contributed by atoms with Crippen molar-refractivity contribution in [3.8, 4) is 0 Å². The molecule has 0 N–H and O–H groups in total. The van der Waals surface area contributed by atoms with E-state index in [9.17, 15) is 0 Å². The highest BCUT2D eigenvalue weighted by atomic mass is 15.2. The van der Waals surface area contributed by atoms with Gasteiger partial charge in [0, 0.05) is 6.42 Å². The minimum atomic E-state index is 0.514. The predicted octanol–water partition coefficient (Wildman–Crippen LogP) is 15.7. The number of imidazole rings is 1. The minimum Gasteiger partial charge on any atom is -0.234 e. The van der Waals surface area contributed by atoms with Gasteiger partial charge in [-0.1, -0.05) is 236 Å². The number of rotatable bonds is 35. The normalized spacial score (nSPS) is 12.1. The van der Waals surface area contributed by atoms with Crippen molar-refractivity contribution in [2.45, 2.75) is 232 Å². The molecule has 0 aliphatic carbocycles. The first-order chi connectivity index (χ1) is 26.2. The molecule has 298 valence electrons. The molecule has 2 heteroatoms. The van der Waals surface area contributed by atoms with Crippen LogP contribution in [0.1, 0.15) is 229 Å². The molecule has 0 saturated carbocycles. The van der Waals surface area contributed by atoms with Crippen LogP contribution in [0.4, 0.5) is 0 Å². The Hall–Kier alpha value is -2.35. The van der Waals surface area contributed by atoms with Crippen LogP contribution in [-0.4, -0.2) is 4.57 Å². The fraction of sp³-hybridized carbons (Fsp3) is 0.706.